The molecule has 0 aliphatic carbocycles. The van der Waals surface area contributed by atoms with E-state index in [0.717, 1.165) is 17.1 Å². The van der Waals surface area contributed by atoms with Gasteiger partial charge in [-0.25, -0.2) is 18.4 Å². The fraction of sp³-hybridized carbons (Fsp3) is 0.450. The van der Waals surface area contributed by atoms with Gasteiger partial charge in [0, 0.05) is 12.6 Å². The third kappa shape index (κ3) is 5.65. The van der Waals surface area contributed by atoms with Crippen molar-refractivity contribution in [1.29, 1.82) is 0 Å². The third-order valence-corrected chi connectivity index (χ3v) is 7.47. The standard InChI is InChI=1S/C20H24ClN3O4S2/c1-3-28-16-7-5-14(6-8-16)12-24(15-9-10-30(26,27)13-15)19(25)18-17(21)11-22-20(23-18)29-4-2/h5-8,11,15H,3-4,9-10,12-13H2,1-2H3. The van der Waals surface area contributed by atoms with Gasteiger partial charge in [0.05, 0.1) is 29.3 Å². The number of benzene rings is 1. The Morgan fingerprint density at radius 1 is 1.30 bits per heavy atom. The van der Waals surface area contributed by atoms with Crippen LogP contribution in [0, 0.1) is 0 Å². The first-order chi connectivity index (χ1) is 14.3. The summed E-state index contributed by atoms with van der Waals surface area (Å²) in [4.78, 5) is 23.5. The van der Waals surface area contributed by atoms with Gasteiger partial charge < -0.3 is 9.64 Å². The average Bonchev–Trinajstić information content (AvgIpc) is 3.08. The quantitative estimate of drug-likeness (QED) is 0.432. The number of thioether (sulfide) groups is 1. The second-order valence-corrected chi connectivity index (χ2v) is 10.7. The number of sulfone groups is 1. The molecule has 0 saturated carbocycles. The zero-order valence-corrected chi connectivity index (χ0v) is 19.3. The van der Waals surface area contributed by atoms with E-state index >= 15 is 0 Å². The normalized spacial score (nSPS) is 17.6. The smallest absolute Gasteiger partial charge is 0.274 e. The number of carbonyl (C=O) groups excluding carboxylic acids is 1. The van der Waals surface area contributed by atoms with Crippen LogP contribution in [0.4, 0.5) is 0 Å². The zero-order chi connectivity index (χ0) is 21.7. The molecule has 1 fully saturated rings. The highest BCUT2D eigenvalue weighted by molar-refractivity contribution is 7.99. The van der Waals surface area contributed by atoms with E-state index in [1.54, 1.807) is 4.90 Å². The van der Waals surface area contributed by atoms with E-state index in [2.05, 4.69) is 9.97 Å². The molecular weight excluding hydrogens is 446 g/mol. The minimum atomic E-state index is -3.17. The summed E-state index contributed by atoms with van der Waals surface area (Å²) in [5, 5.41) is 0.614. The van der Waals surface area contributed by atoms with Crippen LogP contribution >= 0.6 is 23.4 Å². The van der Waals surface area contributed by atoms with Crippen molar-refractivity contribution in [2.45, 2.75) is 38.0 Å². The molecule has 1 amide bonds. The summed E-state index contributed by atoms with van der Waals surface area (Å²) in [5.41, 5.74) is 0.960. The van der Waals surface area contributed by atoms with E-state index in [4.69, 9.17) is 16.3 Å². The minimum Gasteiger partial charge on any atom is -0.494 e. The van der Waals surface area contributed by atoms with Crippen LogP contribution < -0.4 is 4.74 Å². The number of ether oxygens (including phenoxy) is 1. The molecule has 1 aliphatic rings. The molecule has 3 rings (SSSR count). The number of aromatic nitrogens is 2. The van der Waals surface area contributed by atoms with Crippen LogP contribution in [-0.4, -0.2) is 59.1 Å². The van der Waals surface area contributed by atoms with Crippen LogP contribution in [0.3, 0.4) is 0 Å². The SMILES string of the molecule is CCOc1ccc(CN(C(=O)c2nc(SCC)ncc2Cl)C2CCS(=O)(=O)C2)cc1. The largest absolute Gasteiger partial charge is 0.494 e. The van der Waals surface area contributed by atoms with Gasteiger partial charge in [-0.3, -0.25) is 4.79 Å². The Labute approximate surface area is 186 Å². The second kappa shape index (κ2) is 9.98. The molecule has 30 heavy (non-hydrogen) atoms. The van der Waals surface area contributed by atoms with Crippen LogP contribution in [0.15, 0.2) is 35.6 Å². The van der Waals surface area contributed by atoms with Gasteiger partial charge in [0.1, 0.15) is 5.75 Å². The van der Waals surface area contributed by atoms with E-state index in [1.807, 2.05) is 38.1 Å². The van der Waals surface area contributed by atoms with Crippen molar-refractivity contribution in [2.24, 2.45) is 0 Å². The van der Waals surface area contributed by atoms with E-state index in [-0.39, 0.29) is 28.8 Å². The Morgan fingerprint density at radius 2 is 2.03 bits per heavy atom. The molecular formula is C20H24ClN3O4S2. The second-order valence-electron chi connectivity index (χ2n) is 6.85. The Kier molecular flexibility index (Phi) is 7.60. The van der Waals surface area contributed by atoms with Gasteiger partial charge >= 0.3 is 0 Å². The lowest BCUT2D eigenvalue weighted by molar-refractivity contribution is 0.0674. The number of rotatable bonds is 8. The lowest BCUT2D eigenvalue weighted by Crippen LogP contribution is -2.41. The van der Waals surface area contributed by atoms with Gasteiger partial charge in [0.25, 0.3) is 5.91 Å². The summed E-state index contributed by atoms with van der Waals surface area (Å²) in [6.07, 6.45) is 1.81. The molecule has 1 unspecified atom stereocenters. The number of halogens is 1. The number of hydrogen-bond donors (Lipinski definition) is 0. The summed E-state index contributed by atoms with van der Waals surface area (Å²) in [7, 11) is -3.17. The summed E-state index contributed by atoms with van der Waals surface area (Å²) in [5.74, 6) is 1.11. The van der Waals surface area contributed by atoms with Crippen molar-refractivity contribution in [2.75, 3.05) is 23.9 Å². The maximum atomic E-state index is 13.4. The van der Waals surface area contributed by atoms with Gasteiger partial charge in [-0.1, -0.05) is 42.4 Å². The van der Waals surface area contributed by atoms with Crippen molar-refractivity contribution >= 4 is 39.1 Å². The molecule has 1 saturated heterocycles. The van der Waals surface area contributed by atoms with Crippen LogP contribution in [0.25, 0.3) is 0 Å². The molecule has 0 radical (unpaired) electrons. The fourth-order valence-electron chi connectivity index (χ4n) is 3.28. The lowest BCUT2D eigenvalue weighted by Gasteiger charge is -2.28. The highest BCUT2D eigenvalue weighted by Crippen LogP contribution is 2.26. The Hall–Kier alpha value is -1.84. The van der Waals surface area contributed by atoms with E-state index in [9.17, 15) is 13.2 Å². The molecule has 1 aromatic heterocycles. The first kappa shape index (κ1) is 22.8. The zero-order valence-electron chi connectivity index (χ0n) is 16.9. The predicted octanol–water partition coefficient (Wildman–Crippen LogP) is 3.47. The predicted molar refractivity (Wildman–Crippen MR) is 118 cm³/mol. The number of carbonyl (C=O) groups is 1. The van der Waals surface area contributed by atoms with Crippen molar-refractivity contribution in [3.05, 3.63) is 46.7 Å². The van der Waals surface area contributed by atoms with Crippen LogP contribution in [0.2, 0.25) is 5.02 Å². The lowest BCUT2D eigenvalue weighted by atomic mass is 10.1. The molecule has 7 nitrogen and oxygen atoms in total. The minimum absolute atomic E-state index is 0.0605. The van der Waals surface area contributed by atoms with E-state index < -0.39 is 21.8 Å². The number of nitrogens with zero attached hydrogens (tertiary/aromatic N) is 3. The third-order valence-electron chi connectivity index (χ3n) is 4.70. The maximum absolute atomic E-state index is 13.4. The van der Waals surface area contributed by atoms with Crippen molar-refractivity contribution in [1.82, 2.24) is 14.9 Å². The molecule has 1 aliphatic heterocycles. The first-order valence-corrected chi connectivity index (χ1v) is 12.9. The Balaban J connectivity index is 1.91. The fourth-order valence-corrected chi connectivity index (χ4v) is 5.72. The Morgan fingerprint density at radius 3 is 2.63 bits per heavy atom. The molecule has 1 aromatic carbocycles. The summed E-state index contributed by atoms with van der Waals surface area (Å²) < 4.78 is 29.6. The van der Waals surface area contributed by atoms with Gasteiger partial charge in [-0.2, -0.15) is 0 Å². The molecule has 2 heterocycles. The van der Waals surface area contributed by atoms with Crippen molar-refractivity contribution in [3.63, 3.8) is 0 Å². The maximum Gasteiger partial charge on any atom is 0.274 e. The summed E-state index contributed by atoms with van der Waals surface area (Å²) in [6.45, 7) is 4.69. The topological polar surface area (TPSA) is 89.5 Å². The molecule has 2 aromatic rings. The van der Waals surface area contributed by atoms with E-state index in [0.29, 0.717) is 18.2 Å². The molecule has 10 heteroatoms. The van der Waals surface area contributed by atoms with Gasteiger partial charge in [-0.05, 0) is 36.8 Å². The van der Waals surface area contributed by atoms with E-state index in [1.165, 1.54) is 18.0 Å². The van der Waals surface area contributed by atoms with Gasteiger partial charge in [0.15, 0.2) is 20.7 Å². The van der Waals surface area contributed by atoms with Gasteiger partial charge in [0.2, 0.25) is 0 Å². The molecule has 0 bridgehead atoms. The molecule has 1 atom stereocenters. The molecule has 0 spiro atoms. The highest BCUT2D eigenvalue weighted by atomic mass is 35.5. The average molecular weight is 470 g/mol. The molecule has 0 N–H and O–H groups in total. The van der Waals surface area contributed by atoms with Gasteiger partial charge in [-0.15, -0.1) is 0 Å². The molecule has 162 valence electrons. The highest BCUT2D eigenvalue weighted by Gasteiger charge is 2.36. The van der Waals surface area contributed by atoms with Crippen LogP contribution in [-0.2, 0) is 16.4 Å². The first-order valence-electron chi connectivity index (χ1n) is 9.71. The van der Waals surface area contributed by atoms with Crippen molar-refractivity contribution < 1.29 is 17.9 Å². The Bertz CT molecular complexity index is 1000. The number of amides is 1. The summed E-state index contributed by atoms with van der Waals surface area (Å²) in [6, 6.07) is 6.98. The monoisotopic (exact) mass is 469 g/mol. The summed E-state index contributed by atoms with van der Waals surface area (Å²) >= 11 is 7.65. The van der Waals surface area contributed by atoms with Crippen LogP contribution in [0.1, 0.15) is 36.3 Å². The van der Waals surface area contributed by atoms with Crippen molar-refractivity contribution in [3.8, 4) is 5.75 Å². The number of hydrogen-bond acceptors (Lipinski definition) is 7. The van der Waals surface area contributed by atoms with Crippen LogP contribution in [0.5, 0.6) is 5.75 Å².